The molecule has 0 radical (unpaired) electrons. The van der Waals surface area contributed by atoms with Gasteiger partial charge >= 0.3 is 0 Å². The van der Waals surface area contributed by atoms with Gasteiger partial charge in [-0.15, -0.1) is 0 Å². The van der Waals surface area contributed by atoms with Crippen LogP contribution >= 0.6 is 0 Å². The Kier molecular flexibility index (Phi) is 1.04. The summed E-state index contributed by atoms with van der Waals surface area (Å²) >= 11 is 0. The summed E-state index contributed by atoms with van der Waals surface area (Å²) < 4.78 is 12.4. The molecule has 2 heteroatoms. The van der Waals surface area contributed by atoms with Gasteiger partial charge < -0.3 is 5.32 Å². The van der Waals surface area contributed by atoms with E-state index in [1.165, 1.54) is 0 Å². The molecule has 42 valence electrons. The van der Waals surface area contributed by atoms with Crippen LogP contribution in [0.2, 0.25) is 0 Å². The molecule has 1 aliphatic carbocycles. The normalized spacial score (nSPS) is 24.9. The summed E-state index contributed by atoms with van der Waals surface area (Å²) in [6.45, 7) is 0.535. The lowest BCUT2D eigenvalue weighted by Gasteiger charge is -1.99. The number of hydrogen-bond donors (Lipinski definition) is 1. The number of halogens is 1. The summed E-state index contributed by atoms with van der Waals surface area (Å²) in [5, 5.41) is 2.80. The van der Waals surface area contributed by atoms with E-state index in [-0.39, 0.29) is 0 Å². The van der Waals surface area contributed by atoms with Crippen LogP contribution in [0.4, 0.5) is 4.39 Å². The molecule has 0 aromatic carbocycles. The highest BCUT2D eigenvalue weighted by molar-refractivity contribution is 4.95. The van der Waals surface area contributed by atoms with Gasteiger partial charge in [-0.3, -0.25) is 0 Å². The van der Waals surface area contributed by atoms with Crippen LogP contribution in [0.5, 0.6) is 0 Å². The molecule has 7 heavy (non-hydrogen) atoms. The molecule has 1 nitrogen and oxygen atoms in total. The molecular weight excluding hydrogens is 93.1 g/mol. The summed E-state index contributed by atoms with van der Waals surface area (Å²) in [5.41, 5.74) is -0.811. The molecule has 0 spiro atoms. The van der Waals surface area contributed by atoms with Gasteiger partial charge in [-0.1, -0.05) is 0 Å². The van der Waals surface area contributed by atoms with E-state index in [0.29, 0.717) is 6.54 Å². The highest BCUT2D eigenvalue weighted by atomic mass is 19.1. The van der Waals surface area contributed by atoms with Crippen molar-refractivity contribution in [1.82, 2.24) is 5.32 Å². The van der Waals surface area contributed by atoms with Gasteiger partial charge in [0.1, 0.15) is 5.67 Å². The smallest absolute Gasteiger partial charge is 0.123 e. The van der Waals surface area contributed by atoms with Crippen molar-refractivity contribution in [2.45, 2.75) is 18.5 Å². The summed E-state index contributed by atoms with van der Waals surface area (Å²) in [4.78, 5) is 0. The lowest BCUT2D eigenvalue weighted by molar-refractivity contribution is 0.302. The summed E-state index contributed by atoms with van der Waals surface area (Å²) in [6.07, 6.45) is 1.52. The molecule has 0 aliphatic heterocycles. The Hall–Kier alpha value is -0.110. The van der Waals surface area contributed by atoms with Crippen molar-refractivity contribution in [2.75, 3.05) is 13.6 Å². The van der Waals surface area contributed by atoms with E-state index >= 15 is 0 Å². The highest BCUT2D eigenvalue weighted by Gasteiger charge is 2.41. The van der Waals surface area contributed by atoms with E-state index < -0.39 is 5.67 Å². The molecule has 0 amide bonds. The second-order valence-electron chi connectivity index (χ2n) is 2.18. The number of rotatable bonds is 2. The third-order valence-electron chi connectivity index (χ3n) is 1.29. The SMILES string of the molecule is CNCC1(F)CC1. The van der Waals surface area contributed by atoms with Crippen LogP contribution in [0.15, 0.2) is 0 Å². The maximum absolute atomic E-state index is 12.4. The van der Waals surface area contributed by atoms with Crippen molar-refractivity contribution in [3.8, 4) is 0 Å². The molecule has 0 saturated heterocycles. The zero-order valence-corrected chi connectivity index (χ0v) is 4.50. The minimum absolute atomic E-state index is 0.535. The Labute approximate surface area is 42.9 Å². The average Bonchev–Trinajstić information content (AvgIpc) is 2.22. The van der Waals surface area contributed by atoms with E-state index in [1.807, 2.05) is 0 Å². The van der Waals surface area contributed by atoms with Crippen LogP contribution in [-0.4, -0.2) is 19.3 Å². The Morgan fingerprint density at radius 2 is 2.29 bits per heavy atom. The molecule has 0 aromatic rings. The van der Waals surface area contributed by atoms with Crippen molar-refractivity contribution in [1.29, 1.82) is 0 Å². The average molecular weight is 103 g/mol. The predicted octanol–water partition coefficient (Wildman–Crippen LogP) is 0.708. The fourth-order valence-corrected chi connectivity index (χ4v) is 0.629. The highest BCUT2D eigenvalue weighted by Crippen LogP contribution is 2.38. The molecule has 1 rings (SSSR count). The summed E-state index contributed by atoms with van der Waals surface area (Å²) in [5.74, 6) is 0. The van der Waals surface area contributed by atoms with Crippen molar-refractivity contribution < 1.29 is 4.39 Å². The molecule has 1 aliphatic rings. The Bertz CT molecular complexity index is 68.5. The molecule has 1 fully saturated rings. The van der Waals surface area contributed by atoms with Gasteiger partial charge in [-0.05, 0) is 19.9 Å². The molecule has 0 unspecified atom stereocenters. The first-order valence-corrected chi connectivity index (χ1v) is 2.60. The van der Waals surface area contributed by atoms with Crippen molar-refractivity contribution >= 4 is 0 Å². The van der Waals surface area contributed by atoms with Crippen LogP contribution in [0.3, 0.4) is 0 Å². The fourth-order valence-electron chi connectivity index (χ4n) is 0.629. The van der Waals surface area contributed by atoms with Gasteiger partial charge in [-0.2, -0.15) is 0 Å². The number of nitrogens with one attached hydrogen (secondary N) is 1. The van der Waals surface area contributed by atoms with Crippen molar-refractivity contribution in [3.05, 3.63) is 0 Å². The zero-order chi connectivity index (χ0) is 5.33. The second kappa shape index (κ2) is 1.44. The van der Waals surface area contributed by atoms with Gasteiger partial charge in [0, 0.05) is 6.54 Å². The Balaban J connectivity index is 2.13. The maximum atomic E-state index is 12.4. The Morgan fingerprint density at radius 3 is 2.43 bits per heavy atom. The Morgan fingerprint density at radius 1 is 1.71 bits per heavy atom. The minimum atomic E-state index is -0.811. The quantitative estimate of drug-likeness (QED) is 0.542. The van der Waals surface area contributed by atoms with Crippen molar-refractivity contribution in [2.24, 2.45) is 0 Å². The summed E-state index contributed by atoms with van der Waals surface area (Å²) in [6, 6.07) is 0. The van der Waals surface area contributed by atoms with Crippen LogP contribution in [0.1, 0.15) is 12.8 Å². The lowest BCUT2D eigenvalue weighted by Crippen LogP contribution is -2.20. The van der Waals surface area contributed by atoms with E-state index in [0.717, 1.165) is 12.8 Å². The molecule has 0 aromatic heterocycles. The van der Waals surface area contributed by atoms with Gasteiger partial charge in [0.2, 0.25) is 0 Å². The first-order chi connectivity index (χ1) is 3.27. The number of alkyl halides is 1. The monoisotopic (exact) mass is 103 g/mol. The first-order valence-electron chi connectivity index (χ1n) is 2.60. The van der Waals surface area contributed by atoms with Gasteiger partial charge in [0.15, 0.2) is 0 Å². The van der Waals surface area contributed by atoms with Gasteiger partial charge in [-0.25, -0.2) is 4.39 Å². The molecule has 1 saturated carbocycles. The van der Waals surface area contributed by atoms with E-state index in [4.69, 9.17) is 0 Å². The van der Waals surface area contributed by atoms with E-state index in [2.05, 4.69) is 5.32 Å². The maximum Gasteiger partial charge on any atom is 0.123 e. The number of hydrogen-bond acceptors (Lipinski definition) is 1. The van der Waals surface area contributed by atoms with E-state index in [1.54, 1.807) is 7.05 Å². The molecule has 0 bridgehead atoms. The van der Waals surface area contributed by atoms with Crippen LogP contribution < -0.4 is 5.32 Å². The first kappa shape index (κ1) is 5.04. The van der Waals surface area contributed by atoms with E-state index in [9.17, 15) is 4.39 Å². The van der Waals surface area contributed by atoms with Gasteiger partial charge in [0.05, 0.1) is 0 Å². The molecule has 1 N–H and O–H groups in total. The van der Waals surface area contributed by atoms with Crippen LogP contribution in [-0.2, 0) is 0 Å². The second-order valence-corrected chi connectivity index (χ2v) is 2.18. The van der Waals surface area contributed by atoms with Crippen LogP contribution in [0.25, 0.3) is 0 Å². The molecular formula is C5H10FN. The lowest BCUT2D eigenvalue weighted by atomic mass is 10.4. The topological polar surface area (TPSA) is 12.0 Å². The molecule has 0 heterocycles. The minimum Gasteiger partial charge on any atom is -0.317 e. The largest absolute Gasteiger partial charge is 0.317 e. The zero-order valence-electron chi connectivity index (χ0n) is 4.50. The van der Waals surface area contributed by atoms with Gasteiger partial charge in [0.25, 0.3) is 0 Å². The fraction of sp³-hybridized carbons (Fsp3) is 1.00. The van der Waals surface area contributed by atoms with Crippen molar-refractivity contribution in [3.63, 3.8) is 0 Å². The molecule has 0 atom stereocenters. The third kappa shape index (κ3) is 1.13. The summed E-state index contributed by atoms with van der Waals surface area (Å²) in [7, 11) is 1.78. The van der Waals surface area contributed by atoms with Crippen LogP contribution in [0, 0.1) is 0 Å². The standard InChI is InChI=1S/C5H10FN/c1-7-4-5(6)2-3-5/h7H,2-4H2,1H3. The third-order valence-corrected chi connectivity index (χ3v) is 1.29. The predicted molar refractivity (Wildman–Crippen MR) is 27.0 cm³/mol.